The molecule has 1 aliphatic rings. The SMILES string of the molecule is CNC(=O)[C@H]1CC=CC[C@H]1C(=O)O. The van der Waals surface area contributed by atoms with Crippen molar-refractivity contribution < 1.29 is 14.7 Å². The van der Waals surface area contributed by atoms with E-state index in [1.54, 1.807) is 0 Å². The third-order valence-corrected chi connectivity index (χ3v) is 2.33. The van der Waals surface area contributed by atoms with E-state index in [1.807, 2.05) is 12.2 Å². The van der Waals surface area contributed by atoms with E-state index in [0.717, 1.165) is 0 Å². The molecule has 4 heteroatoms. The number of allylic oxidation sites excluding steroid dienone is 2. The van der Waals surface area contributed by atoms with Crippen molar-refractivity contribution in [1.82, 2.24) is 5.32 Å². The van der Waals surface area contributed by atoms with Crippen molar-refractivity contribution >= 4 is 11.9 Å². The van der Waals surface area contributed by atoms with E-state index in [2.05, 4.69) is 5.32 Å². The lowest BCUT2D eigenvalue weighted by atomic mass is 9.82. The summed E-state index contributed by atoms with van der Waals surface area (Å²) in [6.07, 6.45) is 4.65. The van der Waals surface area contributed by atoms with Crippen LogP contribution in [0.5, 0.6) is 0 Å². The summed E-state index contributed by atoms with van der Waals surface area (Å²) >= 11 is 0. The molecule has 0 aromatic heterocycles. The van der Waals surface area contributed by atoms with Crippen LogP contribution in [0.1, 0.15) is 12.8 Å². The number of nitrogens with one attached hydrogen (secondary N) is 1. The molecular weight excluding hydrogens is 170 g/mol. The van der Waals surface area contributed by atoms with Crippen molar-refractivity contribution in [3.8, 4) is 0 Å². The van der Waals surface area contributed by atoms with Crippen molar-refractivity contribution in [3.63, 3.8) is 0 Å². The van der Waals surface area contributed by atoms with Gasteiger partial charge >= 0.3 is 5.97 Å². The van der Waals surface area contributed by atoms with Gasteiger partial charge < -0.3 is 10.4 Å². The first-order chi connectivity index (χ1) is 6.16. The van der Waals surface area contributed by atoms with Crippen LogP contribution >= 0.6 is 0 Å². The van der Waals surface area contributed by atoms with E-state index in [9.17, 15) is 9.59 Å². The Kier molecular flexibility index (Phi) is 3.06. The van der Waals surface area contributed by atoms with Crippen LogP contribution < -0.4 is 5.32 Å². The van der Waals surface area contributed by atoms with Gasteiger partial charge in [0.1, 0.15) is 0 Å². The number of rotatable bonds is 2. The van der Waals surface area contributed by atoms with Crippen molar-refractivity contribution in [2.24, 2.45) is 11.8 Å². The number of carboxylic acids is 1. The highest BCUT2D eigenvalue weighted by molar-refractivity contribution is 5.85. The molecule has 0 bridgehead atoms. The Morgan fingerprint density at radius 1 is 1.31 bits per heavy atom. The molecule has 0 fully saturated rings. The normalized spacial score (nSPS) is 26.8. The van der Waals surface area contributed by atoms with Gasteiger partial charge in [-0.15, -0.1) is 0 Å². The van der Waals surface area contributed by atoms with Crippen LogP contribution in [0, 0.1) is 11.8 Å². The molecule has 1 aliphatic carbocycles. The second kappa shape index (κ2) is 4.07. The topological polar surface area (TPSA) is 66.4 Å². The van der Waals surface area contributed by atoms with E-state index >= 15 is 0 Å². The summed E-state index contributed by atoms with van der Waals surface area (Å²) in [6.45, 7) is 0. The third kappa shape index (κ3) is 2.08. The first-order valence-electron chi connectivity index (χ1n) is 4.26. The van der Waals surface area contributed by atoms with E-state index in [1.165, 1.54) is 7.05 Å². The van der Waals surface area contributed by atoms with Gasteiger partial charge in [-0.2, -0.15) is 0 Å². The van der Waals surface area contributed by atoms with Crippen molar-refractivity contribution in [3.05, 3.63) is 12.2 Å². The van der Waals surface area contributed by atoms with Crippen LogP contribution in [0.4, 0.5) is 0 Å². The molecule has 0 spiro atoms. The maximum atomic E-state index is 11.3. The van der Waals surface area contributed by atoms with Crippen molar-refractivity contribution in [2.45, 2.75) is 12.8 Å². The van der Waals surface area contributed by atoms with Gasteiger partial charge in [-0.25, -0.2) is 0 Å². The van der Waals surface area contributed by atoms with E-state index in [4.69, 9.17) is 5.11 Å². The number of carbonyl (C=O) groups is 2. The summed E-state index contributed by atoms with van der Waals surface area (Å²) in [5, 5.41) is 11.3. The standard InChI is InChI=1S/C9H13NO3/c1-10-8(11)6-4-2-3-5-7(6)9(12)13/h2-3,6-7H,4-5H2,1H3,(H,10,11)(H,12,13)/t6-,7+/m0/s1. The van der Waals surface area contributed by atoms with E-state index in [0.29, 0.717) is 12.8 Å². The van der Waals surface area contributed by atoms with Gasteiger partial charge in [0.05, 0.1) is 11.8 Å². The van der Waals surface area contributed by atoms with Gasteiger partial charge in [0.2, 0.25) is 5.91 Å². The molecule has 0 aliphatic heterocycles. The minimum Gasteiger partial charge on any atom is -0.481 e. The second-order valence-corrected chi connectivity index (χ2v) is 3.11. The summed E-state index contributed by atoms with van der Waals surface area (Å²) < 4.78 is 0. The molecule has 2 atom stereocenters. The number of hydrogen-bond donors (Lipinski definition) is 2. The molecule has 0 saturated carbocycles. The van der Waals surface area contributed by atoms with Gasteiger partial charge in [-0.1, -0.05) is 12.2 Å². The first-order valence-corrected chi connectivity index (χ1v) is 4.26. The van der Waals surface area contributed by atoms with Gasteiger partial charge in [0.25, 0.3) is 0 Å². The second-order valence-electron chi connectivity index (χ2n) is 3.11. The fourth-order valence-corrected chi connectivity index (χ4v) is 1.56. The Morgan fingerprint density at radius 3 is 2.31 bits per heavy atom. The van der Waals surface area contributed by atoms with Gasteiger partial charge in [0.15, 0.2) is 0 Å². The summed E-state index contributed by atoms with van der Waals surface area (Å²) in [5.74, 6) is -2.05. The molecule has 2 N–H and O–H groups in total. The van der Waals surface area contributed by atoms with Crippen LogP contribution in [-0.4, -0.2) is 24.0 Å². The predicted molar refractivity (Wildman–Crippen MR) is 47.1 cm³/mol. The monoisotopic (exact) mass is 183 g/mol. The lowest BCUT2D eigenvalue weighted by Gasteiger charge is -2.23. The lowest BCUT2D eigenvalue weighted by Crippen LogP contribution is -2.37. The molecule has 0 radical (unpaired) electrons. The van der Waals surface area contributed by atoms with Crippen LogP contribution in [0.25, 0.3) is 0 Å². The van der Waals surface area contributed by atoms with Gasteiger partial charge in [-0.05, 0) is 12.8 Å². The molecule has 1 amide bonds. The number of aliphatic carboxylic acids is 1. The predicted octanol–water partition coefficient (Wildman–Crippen LogP) is 0.399. The number of carbonyl (C=O) groups excluding carboxylic acids is 1. The Morgan fingerprint density at radius 2 is 1.85 bits per heavy atom. The summed E-state index contributed by atoms with van der Waals surface area (Å²) in [4.78, 5) is 22.0. The Balaban J connectivity index is 2.75. The fraction of sp³-hybridized carbons (Fsp3) is 0.556. The highest BCUT2D eigenvalue weighted by Crippen LogP contribution is 2.25. The maximum absolute atomic E-state index is 11.3. The zero-order valence-corrected chi connectivity index (χ0v) is 7.49. The molecule has 0 saturated heterocycles. The number of hydrogen-bond acceptors (Lipinski definition) is 2. The average molecular weight is 183 g/mol. The molecule has 0 aromatic carbocycles. The Hall–Kier alpha value is -1.32. The van der Waals surface area contributed by atoms with Crippen molar-refractivity contribution in [2.75, 3.05) is 7.05 Å². The first kappa shape index (κ1) is 9.77. The summed E-state index contributed by atoms with van der Waals surface area (Å²) in [6, 6.07) is 0. The molecule has 0 aromatic rings. The quantitative estimate of drug-likeness (QED) is 0.609. The minimum atomic E-state index is -0.891. The van der Waals surface area contributed by atoms with Crippen molar-refractivity contribution in [1.29, 1.82) is 0 Å². The number of carboxylic acid groups (broad SMARTS) is 1. The summed E-state index contributed by atoms with van der Waals surface area (Å²) in [5.41, 5.74) is 0. The van der Waals surface area contributed by atoms with Gasteiger partial charge in [-0.3, -0.25) is 9.59 Å². The fourth-order valence-electron chi connectivity index (χ4n) is 1.56. The van der Waals surface area contributed by atoms with Crippen LogP contribution in [0.15, 0.2) is 12.2 Å². The zero-order valence-electron chi connectivity index (χ0n) is 7.49. The molecule has 4 nitrogen and oxygen atoms in total. The van der Waals surface area contributed by atoms with E-state index < -0.39 is 17.8 Å². The largest absolute Gasteiger partial charge is 0.481 e. The molecule has 1 rings (SSSR count). The van der Waals surface area contributed by atoms with Gasteiger partial charge in [0, 0.05) is 7.05 Å². The maximum Gasteiger partial charge on any atom is 0.307 e. The highest BCUT2D eigenvalue weighted by Gasteiger charge is 2.33. The van der Waals surface area contributed by atoms with E-state index in [-0.39, 0.29) is 5.91 Å². The minimum absolute atomic E-state index is 0.184. The Bertz CT molecular complexity index is 247. The van der Waals surface area contributed by atoms with Crippen LogP contribution in [-0.2, 0) is 9.59 Å². The molecule has 13 heavy (non-hydrogen) atoms. The van der Waals surface area contributed by atoms with Crippen LogP contribution in [0.3, 0.4) is 0 Å². The smallest absolute Gasteiger partial charge is 0.307 e. The third-order valence-electron chi connectivity index (χ3n) is 2.33. The molecule has 0 heterocycles. The summed E-state index contributed by atoms with van der Waals surface area (Å²) in [7, 11) is 1.53. The molecule has 72 valence electrons. The lowest BCUT2D eigenvalue weighted by molar-refractivity contribution is -0.147. The average Bonchev–Trinajstić information content (AvgIpc) is 2.16. The molecular formula is C9H13NO3. The Labute approximate surface area is 76.6 Å². The zero-order chi connectivity index (χ0) is 9.84. The molecule has 0 unspecified atom stereocenters. The highest BCUT2D eigenvalue weighted by atomic mass is 16.4. The number of amides is 1. The van der Waals surface area contributed by atoms with Crippen LogP contribution in [0.2, 0.25) is 0 Å².